The zero-order valence-corrected chi connectivity index (χ0v) is 9.30. The van der Waals surface area contributed by atoms with E-state index in [1.165, 1.54) is 27.1 Å². The Kier molecular flexibility index (Phi) is 1.61. The van der Waals surface area contributed by atoms with E-state index in [1.54, 1.807) is 0 Å². The van der Waals surface area contributed by atoms with Crippen LogP contribution in [0.2, 0.25) is 0 Å². The molecule has 2 heterocycles. The molecule has 0 aliphatic rings. The first-order chi connectivity index (χ1) is 8.43. The van der Waals surface area contributed by atoms with Gasteiger partial charge in [0.25, 0.3) is 0 Å². The SMILES string of the molecule is c1ccc2c(c1)ccc1c2ccn2cccc12. The van der Waals surface area contributed by atoms with E-state index in [1.807, 2.05) is 0 Å². The second kappa shape index (κ2) is 3.11. The van der Waals surface area contributed by atoms with Crippen LogP contribution in [0.3, 0.4) is 0 Å². The molecule has 0 saturated heterocycles. The van der Waals surface area contributed by atoms with Crippen LogP contribution in [0.25, 0.3) is 27.1 Å². The smallest absolute Gasteiger partial charge is 0.0528 e. The minimum atomic E-state index is 1.27. The first-order valence-electron chi connectivity index (χ1n) is 5.81. The fourth-order valence-corrected chi connectivity index (χ4v) is 2.61. The number of hydrogen-bond acceptors (Lipinski definition) is 0. The summed E-state index contributed by atoms with van der Waals surface area (Å²) in [5.74, 6) is 0. The highest BCUT2D eigenvalue weighted by molar-refractivity contribution is 6.12. The number of pyridine rings is 1. The molecule has 4 rings (SSSR count). The van der Waals surface area contributed by atoms with Gasteiger partial charge >= 0.3 is 0 Å². The lowest BCUT2D eigenvalue weighted by Crippen LogP contribution is -1.84. The Bertz CT molecular complexity index is 840. The van der Waals surface area contributed by atoms with Gasteiger partial charge in [0.1, 0.15) is 0 Å². The number of hydrogen-bond donors (Lipinski definition) is 0. The van der Waals surface area contributed by atoms with Crippen LogP contribution in [0, 0.1) is 0 Å². The first-order valence-corrected chi connectivity index (χ1v) is 5.81. The minimum absolute atomic E-state index is 1.27. The molecule has 4 aromatic rings. The summed E-state index contributed by atoms with van der Waals surface area (Å²) in [4.78, 5) is 0. The number of nitrogens with zero attached hydrogens (tertiary/aromatic N) is 1. The zero-order valence-electron chi connectivity index (χ0n) is 9.30. The maximum Gasteiger partial charge on any atom is 0.0528 e. The molecule has 0 N–H and O–H groups in total. The Morgan fingerprint density at radius 3 is 2.53 bits per heavy atom. The molecule has 0 saturated carbocycles. The van der Waals surface area contributed by atoms with Crippen LogP contribution < -0.4 is 0 Å². The molecule has 0 unspecified atom stereocenters. The largest absolute Gasteiger partial charge is 0.323 e. The maximum absolute atomic E-state index is 2.22. The monoisotopic (exact) mass is 217 g/mol. The third kappa shape index (κ3) is 1.14. The molecular formula is C16H11N. The molecule has 0 aliphatic heterocycles. The predicted molar refractivity (Wildman–Crippen MR) is 72.4 cm³/mol. The fourth-order valence-electron chi connectivity index (χ4n) is 2.61. The van der Waals surface area contributed by atoms with Crippen molar-refractivity contribution >= 4 is 27.1 Å². The van der Waals surface area contributed by atoms with Crippen LogP contribution in [0.1, 0.15) is 0 Å². The average Bonchev–Trinajstić information content (AvgIpc) is 2.86. The van der Waals surface area contributed by atoms with Gasteiger partial charge in [-0.25, -0.2) is 0 Å². The second-order valence-corrected chi connectivity index (χ2v) is 4.36. The number of fused-ring (bicyclic) bond motifs is 5. The Labute approximate surface area is 98.9 Å². The normalized spacial score (nSPS) is 11.5. The van der Waals surface area contributed by atoms with Gasteiger partial charge in [-0.15, -0.1) is 0 Å². The highest BCUT2D eigenvalue weighted by atomic mass is 14.8. The molecule has 1 nitrogen and oxygen atoms in total. The van der Waals surface area contributed by atoms with Gasteiger partial charge in [0.05, 0.1) is 5.52 Å². The van der Waals surface area contributed by atoms with E-state index in [9.17, 15) is 0 Å². The van der Waals surface area contributed by atoms with E-state index in [-0.39, 0.29) is 0 Å². The quantitative estimate of drug-likeness (QED) is 0.388. The fraction of sp³-hybridized carbons (Fsp3) is 0. The number of aromatic nitrogens is 1. The van der Waals surface area contributed by atoms with Crippen LogP contribution in [0.15, 0.2) is 67.0 Å². The molecule has 0 aliphatic carbocycles. The molecule has 2 aromatic carbocycles. The Morgan fingerprint density at radius 1 is 0.588 bits per heavy atom. The van der Waals surface area contributed by atoms with Crippen molar-refractivity contribution in [2.75, 3.05) is 0 Å². The summed E-state index contributed by atoms with van der Waals surface area (Å²) in [7, 11) is 0. The van der Waals surface area contributed by atoms with E-state index < -0.39 is 0 Å². The molecule has 80 valence electrons. The van der Waals surface area contributed by atoms with Gasteiger partial charge < -0.3 is 4.40 Å². The van der Waals surface area contributed by atoms with Gasteiger partial charge in [-0.3, -0.25) is 0 Å². The third-order valence-electron chi connectivity index (χ3n) is 3.43. The summed E-state index contributed by atoms with van der Waals surface area (Å²) < 4.78 is 2.16. The lowest BCUT2D eigenvalue weighted by Gasteiger charge is -2.05. The van der Waals surface area contributed by atoms with Crippen molar-refractivity contribution in [3.8, 4) is 0 Å². The summed E-state index contributed by atoms with van der Waals surface area (Å²) in [5.41, 5.74) is 1.27. The second-order valence-electron chi connectivity index (χ2n) is 4.36. The van der Waals surface area contributed by atoms with Crippen LogP contribution in [-0.4, -0.2) is 4.40 Å². The van der Waals surface area contributed by atoms with Crippen molar-refractivity contribution in [1.82, 2.24) is 4.40 Å². The van der Waals surface area contributed by atoms with Crippen LogP contribution in [0.5, 0.6) is 0 Å². The Morgan fingerprint density at radius 2 is 1.53 bits per heavy atom. The molecule has 0 atom stereocenters. The highest BCUT2D eigenvalue weighted by Crippen LogP contribution is 2.28. The van der Waals surface area contributed by atoms with Gasteiger partial charge in [0.15, 0.2) is 0 Å². The van der Waals surface area contributed by atoms with Crippen LogP contribution in [0.4, 0.5) is 0 Å². The van der Waals surface area contributed by atoms with E-state index in [4.69, 9.17) is 0 Å². The summed E-state index contributed by atoms with van der Waals surface area (Å²) in [5, 5.41) is 5.27. The predicted octanol–water partition coefficient (Wildman–Crippen LogP) is 4.25. The molecule has 0 radical (unpaired) electrons. The van der Waals surface area contributed by atoms with Crippen molar-refractivity contribution in [2.45, 2.75) is 0 Å². The van der Waals surface area contributed by atoms with E-state index in [0.717, 1.165) is 0 Å². The van der Waals surface area contributed by atoms with Crippen molar-refractivity contribution in [1.29, 1.82) is 0 Å². The van der Waals surface area contributed by atoms with Gasteiger partial charge in [-0.05, 0) is 34.4 Å². The Balaban J connectivity index is 2.34. The zero-order chi connectivity index (χ0) is 11.2. The minimum Gasteiger partial charge on any atom is -0.323 e. The average molecular weight is 217 g/mol. The van der Waals surface area contributed by atoms with Gasteiger partial charge in [-0.2, -0.15) is 0 Å². The molecule has 1 heteroatoms. The first kappa shape index (κ1) is 8.82. The lowest BCUT2D eigenvalue weighted by molar-refractivity contribution is 1.22. The summed E-state index contributed by atoms with van der Waals surface area (Å²) >= 11 is 0. The van der Waals surface area contributed by atoms with Crippen LogP contribution >= 0.6 is 0 Å². The number of benzene rings is 2. The molecule has 0 spiro atoms. The molecule has 2 aromatic heterocycles. The van der Waals surface area contributed by atoms with Gasteiger partial charge in [0.2, 0.25) is 0 Å². The van der Waals surface area contributed by atoms with E-state index in [2.05, 4.69) is 71.4 Å². The van der Waals surface area contributed by atoms with E-state index in [0.29, 0.717) is 0 Å². The Hall–Kier alpha value is -2.28. The third-order valence-corrected chi connectivity index (χ3v) is 3.43. The standard InChI is InChI=1S/C16H11N/c1-2-5-13-12(4-1)7-8-15-14(13)9-11-17-10-3-6-16(15)17/h1-11H. The molecule has 0 fully saturated rings. The summed E-state index contributed by atoms with van der Waals surface area (Å²) in [6.45, 7) is 0. The maximum atomic E-state index is 2.22. The topological polar surface area (TPSA) is 4.41 Å². The van der Waals surface area contributed by atoms with Crippen molar-refractivity contribution in [3.63, 3.8) is 0 Å². The molecule has 0 bridgehead atoms. The summed E-state index contributed by atoms with van der Waals surface area (Å²) in [6.07, 6.45) is 4.22. The summed E-state index contributed by atoms with van der Waals surface area (Å²) in [6, 6.07) is 19.4. The van der Waals surface area contributed by atoms with Gasteiger partial charge in [0, 0.05) is 17.8 Å². The molecule has 0 amide bonds. The molecular weight excluding hydrogens is 206 g/mol. The van der Waals surface area contributed by atoms with Crippen molar-refractivity contribution in [2.24, 2.45) is 0 Å². The van der Waals surface area contributed by atoms with Crippen LogP contribution in [-0.2, 0) is 0 Å². The van der Waals surface area contributed by atoms with Crippen molar-refractivity contribution < 1.29 is 0 Å². The highest BCUT2D eigenvalue weighted by Gasteiger charge is 2.03. The van der Waals surface area contributed by atoms with Crippen molar-refractivity contribution in [3.05, 3.63) is 67.0 Å². The van der Waals surface area contributed by atoms with E-state index >= 15 is 0 Å². The molecule has 17 heavy (non-hydrogen) atoms. The number of rotatable bonds is 0. The lowest BCUT2D eigenvalue weighted by atomic mass is 10.0. The van der Waals surface area contributed by atoms with Gasteiger partial charge in [-0.1, -0.05) is 36.4 Å².